The maximum atomic E-state index is 13.8. The molecule has 2 aromatic rings. The fourth-order valence-electron chi connectivity index (χ4n) is 3.41. The number of carbonyl (C=O) groups excluding carboxylic acids is 1. The maximum absolute atomic E-state index is 13.8. The third-order valence-corrected chi connectivity index (χ3v) is 5.03. The van der Waals surface area contributed by atoms with Gasteiger partial charge in [-0.15, -0.1) is 0 Å². The molecule has 0 saturated carbocycles. The summed E-state index contributed by atoms with van der Waals surface area (Å²) in [5.41, 5.74) is 0.329. The Hall–Kier alpha value is -2.41. The predicted molar refractivity (Wildman–Crippen MR) is 97.7 cm³/mol. The molecule has 7 heteroatoms. The number of amides is 1. The number of nitrogens with one attached hydrogen (secondary N) is 1. The standard InChI is InChI=1S/C21H22F4N2O/c22-19-7-2-1-5-17(19)14-27-10-8-16(9-11-27)20(28)26-13-15-4-3-6-18(12-15)21(23,24)25/h1-7,12,16H,8-11,13-14H2,(H,26,28). The molecule has 0 aromatic heterocycles. The van der Waals surface area contributed by atoms with Crippen LogP contribution in [0, 0.1) is 11.7 Å². The molecule has 1 aliphatic heterocycles. The number of rotatable bonds is 5. The SMILES string of the molecule is O=C(NCc1cccc(C(F)(F)F)c1)C1CCN(Cc2ccccc2F)CC1. The topological polar surface area (TPSA) is 32.3 Å². The van der Waals surface area contributed by atoms with Crippen LogP contribution in [0.4, 0.5) is 17.6 Å². The van der Waals surface area contributed by atoms with Crippen molar-refractivity contribution in [1.82, 2.24) is 10.2 Å². The molecule has 0 aliphatic carbocycles. The molecule has 1 amide bonds. The summed E-state index contributed by atoms with van der Waals surface area (Å²) in [7, 11) is 0. The zero-order chi connectivity index (χ0) is 20.1. The summed E-state index contributed by atoms with van der Waals surface area (Å²) in [6, 6.07) is 11.6. The van der Waals surface area contributed by atoms with E-state index in [9.17, 15) is 22.4 Å². The number of hydrogen-bond acceptors (Lipinski definition) is 2. The second-order valence-electron chi connectivity index (χ2n) is 7.06. The summed E-state index contributed by atoms with van der Waals surface area (Å²) in [5, 5.41) is 2.74. The average molecular weight is 394 g/mol. The molecule has 0 radical (unpaired) electrons. The van der Waals surface area contributed by atoms with Crippen LogP contribution >= 0.6 is 0 Å². The van der Waals surface area contributed by atoms with E-state index in [0.717, 1.165) is 12.1 Å². The van der Waals surface area contributed by atoms with E-state index >= 15 is 0 Å². The number of piperidine rings is 1. The summed E-state index contributed by atoms with van der Waals surface area (Å²) in [6.07, 6.45) is -3.11. The number of carbonyl (C=O) groups is 1. The molecular weight excluding hydrogens is 372 g/mol. The van der Waals surface area contributed by atoms with Crippen LogP contribution in [-0.2, 0) is 24.1 Å². The van der Waals surface area contributed by atoms with E-state index in [1.807, 2.05) is 0 Å². The van der Waals surface area contributed by atoms with E-state index in [1.54, 1.807) is 24.3 Å². The molecule has 0 atom stereocenters. The molecule has 150 valence electrons. The molecule has 1 heterocycles. The Bertz CT molecular complexity index is 814. The van der Waals surface area contributed by atoms with Gasteiger partial charge in [0.05, 0.1) is 5.56 Å². The summed E-state index contributed by atoms with van der Waals surface area (Å²) in [6.45, 7) is 1.93. The van der Waals surface area contributed by atoms with Crippen molar-refractivity contribution in [1.29, 1.82) is 0 Å². The maximum Gasteiger partial charge on any atom is 0.416 e. The van der Waals surface area contributed by atoms with Gasteiger partial charge in [-0.2, -0.15) is 13.2 Å². The van der Waals surface area contributed by atoms with Crippen molar-refractivity contribution in [3.8, 4) is 0 Å². The highest BCUT2D eigenvalue weighted by Crippen LogP contribution is 2.29. The van der Waals surface area contributed by atoms with Crippen molar-refractivity contribution < 1.29 is 22.4 Å². The first-order chi connectivity index (χ1) is 13.3. The molecule has 1 N–H and O–H groups in total. The quantitative estimate of drug-likeness (QED) is 0.764. The van der Waals surface area contributed by atoms with Crippen LogP contribution in [0.15, 0.2) is 48.5 Å². The Morgan fingerprint density at radius 2 is 1.79 bits per heavy atom. The average Bonchev–Trinajstić information content (AvgIpc) is 2.68. The molecular formula is C21H22F4N2O. The molecule has 3 nitrogen and oxygen atoms in total. The van der Waals surface area contributed by atoms with Crippen LogP contribution in [0.3, 0.4) is 0 Å². The van der Waals surface area contributed by atoms with Crippen LogP contribution in [0.2, 0.25) is 0 Å². The van der Waals surface area contributed by atoms with E-state index in [4.69, 9.17) is 0 Å². The number of alkyl halides is 3. The molecule has 1 saturated heterocycles. The second kappa shape index (κ2) is 8.73. The van der Waals surface area contributed by atoms with Crippen LogP contribution in [0.1, 0.15) is 29.5 Å². The Kier molecular flexibility index (Phi) is 6.34. The van der Waals surface area contributed by atoms with Crippen LogP contribution in [0.25, 0.3) is 0 Å². The lowest BCUT2D eigenvalue weighted by atomic mass is 9.95. The highest BCUT2D eigenvalue weighted by Gasteiger charge is 2.30. The smallest absolute Gasteiger partial charge is 0.352 e. The molecule has 1 aliphatic rings. The van der Waals surface area contributed by atoms with E-state index in [0.29, 0.717) is 43.6 Å². The van der Waals surface area contributed by atoms with Gasteiger partial charge in [0, 0.05) is 24.6 Å². The van der Waals surface area contributed by atoms with Gasteiger partial charge < -0.3 is 5.32 Å². The lowest BCUT2D eigenvalue weighted by Gasteiger charge is -2.31. The minimum Gasteiger partial charge on any atom is -0.352 e. The van der Waals surface area contributed by atoms with Gasteiger partial charge in [-0.05, 0) is 49.7 Å². The Balaban J connectivity index is 1.47. The van der Waals surface area contributed by atoms with Gasteiger partial charge in [0.1, 0.15) is 5.82 Å². The molecule has 28 heavy (non-hydrogen) atoms. The third kappa shape index (κ3) is 5.32. The summed E-state index contributed by atoms with van der Waals surface area (Å²) >= 11 is 0. The van der Waals surface area contributed by atoms with Crippen molar-refractivity contribution in [2.45, 2.75) is 32.1 Å². The molecule has 1 fully saturated rings. The summed E-state index contributed by atoms with van der Waals surface area (Å²) in [5.74, 6) is -0.561. The van der Waals surface area contributed by atoms with Gasteiger partial charge in [0.25, 0.3) is 0 Å². The number of nitrogens with zero attached hydrogens (tertiary/aromatic N) is 1. The van der Waals surface area contributed by atoms with Gasteiger partial charge in [-0.1, -0.05) is 30.3 Å². The van der Waals surface area contributed by atoms with Crippen molar-refractivity contribution in [3.63, 3.8) is 0 Å². The van der Waals surface area contributed by atoms with Gasteiger partial charge in [-0.25, -0.2) is 4.39 Å². The van der Waals surface area contributed by atoms with Crippen molar-refractivity contribution in [2.24, 2.45) is 5.92 Å². The van der Waals surface area contributed by atoms with Crippen LogP contribution in [-0.4, -0.2) is 23.9 Å². The van der Waals surface area contributed by atoms with E-state index in [-0.39, 0.29) is 24.2 Å². The highest BCUT2D eigenvalue weighted by atomic mass is 19.4. The van der Waals surface area contributed by atoms with Gasteiger partial charge in [0.15, 0.2) is 0 Å². The molecule has 0 spiro atoms. The van der Waals surface area contributed by atoms with Crippen LogP contribution in [0.5, 0.6) is 0 Å². The zero-order valence-corrected chi connectivity index (χ0v) is 15.3. The first-order valence-electron chi connectivity index (χ1n) is 9.22. The Morgan fingerprint density at radius 1 is 1.07 bits per heavy atom. The lowest BCUT2D eigenvalue weighted by Crippen LogP contribution is -2.40. The first-order valence-corrected chi connectivity index (χ1v) is 9.22. The van der Waals surface area contributed by atoms with E-state index < -0.39 is 11.7 Å². The summed E-state index contributed by atoms with van der Waals surface area (Å²) in [4.78, 5) is 14.5. The van der Waals surface area contributed by atoms with Gasteiger partial charge >= 0.3 is 6.18 Å². The zero-order valence-electron chi connectivity index (χ0n) is 15.3. The number of likely N-dealkylation sites (tertiary alicyclic amines) is 1. The molecule has 0 bridgehead atoms. The summed E-state index contributed by atoms with van der Waals surface area (Å²) < 4.78 is 52.0. The largest absolute Gasteiger partial charge is 0.416 e. The monoisotopic (exact) mass is 394 g/mol. The minimum absolute atomic E-state index is 0.0677. The molecule has 0 unspecified atom stereocenters. The lowest BCUT2D eigenvalue weighted by molar-refractivity contribution is -0.137. The molecule has 3 rings (SSSR count). The number of benzene rings is 2. The van der Waals surface area contributed by atoms with Gasteiger partial charge in [0.2, 0.25) is 5.91 Å². The van der Waals surface area contributed by atoms with E-state index in [1.165, 1.54) is 12.1 Å². The third-order valence-electron chi connectivity index (χ3n) is 5.03. The Morgan fingerprint density at radius 3 is 2.46 bits per heavy atom. The fraction of sp³-hybridized carbons (Fsp3) is 0.381. The minimum atomic E-state index is -4.40. The normalized spacial score (nSPS) is 16.1. The second-order valence-corrected chi connectivity index (χ2v) is 7.06. The van der Waals surface area contributed by atoms with E-state index in [2.05, 4.69) is 10.2 Å². The van der Waals surface area contributed by atoms with Crippen molar-refractivity contribution in [3.05, 3.63) is 71.0 Å². The number of halogens is 4. The van der Waals surface area contributed by atoms with Crippen molar-refractivity contribution >= 4 is 5.91 Å². The molecule has 2 aromatic carbocycles. The number of hydrogen-bond donors (Lipinski definition) is 1. The predicted octanol–water partition coefficient (Wildman–Crippen LogP) is 4.37. The van der Waals surface area contributed by atoms with Crippen LogP contribution < -0.4 is 5.32 Å². The Labute approximate surface area is 161 Å². The first kappa shape index (κ1) is 20.3. The van der Waals surface area contributed by atoms with Gasteiger partial charge in [-0.3, -0.25) is 9.69 Å². The highest BCUT2D eigenvalue weighted by molar-refractivity contribution is 5.78. The van der Waals surface area contributed by atoms with Crippen molar-refractivity contribution in [2.75, 3.05) is 13.1 Å². The fourth-order valence-corrected chi connectivity index (χ4v) is 3.41.